The molecular formula is C15H18N4O4S. The molecule has 0 unspecified atom stereocenters. The van der Waals surface area contributed by atoms with E-state index in [9.17, 15) is 8.42 Å². The highest BCUT2D eigenvalue weighted by Crippen LogP contribution is 2.33. The Hall–Kier alpha value is -2.52. The van der Waals surface area contributed by atoms with E-state index in [-0.39, 0.29) is 0 Å². The molecule has 2 aromatic rings. The Morgan fingerprint density at radius 3 is 2.42 bits per heavy atom. The summed E-state index contributed by atoms with van der Waals surface area (Å²) < 4.78 is 38.0. The van der Waals surface area contributed by atoms with Crippen molar-refractivity contribution >= 4 is 27.4 Å². The third-order valence-electron chi connectivity index (χ3n) is 3.31. The first kappa shape index (κ1) is 16.3. The molecule has 0 saturated heterocycles. The van der Waals surface area contributed by atoms with Gasteiger partial charge in [-0.05, 0) is 24.3 Å². The number of nitrogens with one attached hydrogen (secondary N) is 2. The molecule has 24 heavy (non-hydrogen) atoms. The average molecular weight is 350 g/mol. The summed E-state index contributed by atoms with van der Waals surface area (Å²) in [5, 5.41) is 3.13. The molecule has 8 nitrogen and oxygen atoms in total. The zero-order valence-electron chi connectivity index (χ0n) is 13.3. The van der Waals surface area contributed by atoms with Gasteiger partial charge in [0, 0.05) is 25.8 Å². The van der Waals surface area contributed by atoms with Gasteiger partial charge in [0.2, 0.25) is 0 Å². The lowest BCUT2D eigenvalue weighted by molar-refractivity contribution is 0.171. The van der Waals surface area contributed by atoms with Crippen LogP contribution in [-0.4, -0.2) is 45.0 Å². The van der Waals surface area contributed by atoms with Crippen LogP contribution in [0.4, 0.5) is 17.2 Å². The van der Waals surface area contributed by atoms with Gasteiger partial charge in [0.05, 0.1) is 11.9 Å². The number of ether oxygens (including phenoxy) is 2. The number of benzene rings is 1. The molecule has 0 amide bonds. The van der Waals surface area contributed by atoms with E-state index in [0.717, 1.165) is 9.99 Å². The zero-order valence-corrected chi connectivity index (χ0v) is 14.1. The lowest BCUT2D eigenvalue weighted by atomic mass is 10.2. The van der Waals surface area contributed by atoms with Crippen molar-refractivity contribution in [2.24, 2.45) is 0 Å². The van der Waals surface area contributed by atoms with Crippen molar-refractivity contribution in [1.29, 1.82) is 0 Å². The Morgan fingerprint density at radius 2 is 1.75 bits per heavy atom. The van der Waals surface area contributed by atoms with Crippen LogP contribution in [0, 0.1) is 0 Å². The van der Waals surface area contributed by atoms with E-state index >= 15 is 0 Å². The molecule has 128 valence electrons. The Labute approximate surface area is 140 Å². The normalized spacial score (nSPS) is 13.6. The second kappa shape index (κ2) is 6.54. The van der Waals surface area contributed by atoms with E-state index in [1.54, 1.807) is 12.1 Å². The van der Waals surface area contributed by atoms with Crippen LogP contribution in [-0.2, 0) is 10.2 Å². The summed E-state index contributed by atoms with van der Waals surface area (Å²) in [5.41, 5.74) is 1.18. The van der Waals surface area contributed by atoms with Crippen LogP contribution < -0.4 is 19.5 Å². The molecule has 0 saturated carbocycles. The van der Waals surface area contributed by atoms with Crippen molar-refractivity contribution in [1.82, 2.24) is 9.29 Å². The van der Waals surface area contributed by atoms with Crippen molar-refractivity contribution in [3.8, 4) is 11.5 Å². The minimum absolute atomic E-state index is 0.386. The molecule has 0 aliphatic carbocycles. The van der Waals surface area contributed by atoms with Gasteiger partial charge < -0.3 is 14.8 Å². The maximum Gasteiger partial charge on any atom is 0.301 e. The fourth-order valence-corrected chi connectivity index (χ4v) is 2.64. The Kier molecular flexibility index (Phi) is 4.45. The molecule has 0 fully saturated rings. The molecule has 0 atom stereocenters. The van der Waals surface area contributed by atoms with E-state index in [1.165, 1.54) is 20.3 Å². The predicted octanol–water partition coefficient (Wildman–Crippen LogP) is 1.81. The summed E-state index contributed by atoms with van der Waals surface area (Å²) >= 11 is 0. The Bertz CT molecular complexity index is 822. The maximum absolute atomic E-state index is 11.8. The van der Waals surface area contributed by atoms with Gasteiger partial charge >= 0.3 is 10.2 Å². The zero-order chi connectivity index (χ0) is 17.2. The Morgan fingerprint density at radius 1 is 1.04 bits per heavy atom. The molecule has 1 aromatic carbocycles. The van der Waals surface area contributed by atoms with E-state index in [1.807, 2.05) is 18.2 Å². The lowest BCUT2D eigenvalue weighted by Crippen LogP contribution is -2.28. The molecule has 1 aliphatic heterocycles. The lowest BCUT2D eigenvalue weighted by Gasteiger charge is -2.19. The first-order valence-corrected chi connectivity index (χ1v) is 8.71. The average Bonchev–Trinajstić information content (AvgIpc) is 2.56. The quantitative estimate of drug-likeness (QED) is 0.854. The van der Waals surface area contributed by atoms with E-state index in [0.29, 0.717) is 36.2 Å². The number of hydrogen-bond donors (Lipinski definition) is 2. The third kappa shape index (κ3) is 3.69. The summed E-state index contributed by atoms with van der Waals surface area (Å²) in [5.74, 6) is 1.98. The van der Waals surface area contributed by atoms with Crippen molar-refractivity contribution in [2.75, 3.05) is 37.3 Å². The predicted molar refractivity (Wildman–Crippen MR) is 91.2 cm³/mol. The monoisotopic (exact) mass is 350 g/mol. The highest BCUT2D eigenvalue weighted by Gasteiger charge is 2.14. The summed E-state index contributed by atoms with van der Waals surface area (Å²) in [6.45, 7) is 1.07. The topological polar surface area (TPSA) is 92.8 Å². The van der Waals surface area contributed by atoms with Crippen molar-refractivity contribution < 1.29 is 17.9 Å². The van der Waals surface area contributed by atoms with Crippen molar-refractivity contribution in [3.05, 3.63) is 36.5 Å². The van der Waals surface area contributed by atoms with Gasteiger partial charge in [-0.1, -0.05) is 0 Å². The van der Waals surface area contributed by atoms with Crippen LogP contribution in [0.2, 0.25) is 0 Å². The fourth-order valence-electron chi connectivity index (χ4n) is 2.04. The molecule has 9 heteroatoms. The minimum atomic E-state index is -3.54. The molecule has 1 aliphatic rings. The molecule has 0 spiro atoms. The van der Waals surface area contributed by atoms with Crippen LogP contribution in [0.1, 0.15) is 0 Å². The molecule has 1 aromatic heterocycles. The number of aromatic nitrogens is 1. The SMILES string of the molecule is CN(C)S(=O)(=O)Nc1ccc(Nc2ccc3c(c2)OCCO3)nc1. The van der Waals surface area contributed by atoms with Crippen molar-refractivity contribution in [2.45, 2.75) is 0 Å². The maximum atomic E-state index is 11.8. The summed E-state index contributed by atoms with van der Waals surface area (Å²) in [6, 6.07) is 8.84. The molecule has 0 bridgehead atoms. The highest BCUT2D eigenvalue weighted by molar-refractivity contribution is 7.90. The first-order valence-electron chi connectivity index (χ1n) is 7.27. The van der Waals surface area contributed by atoms with Gasteiger partial charge in [-0.3, -0.25) is 4.72 Å². The number of rotatable bonds is 5. The fraction of sp³-hybridized carbons (Fsp3) is 0.267. The van der Waals surface area contributed by atoms with Crippen LogP contribution in [0.3, 0.4) is 0 Å². The Balaban J connectivity index is 1.70. The van der Waals surface area contributed by atoms with Crippen molar-refractivity contribution in [3.63, 3.8) is 0 Å². The largest absolute Gasteiger partial charge is 0.486 e. The molecule has 2 N–H and O–H groups in total. The number of hydrogen-bond acceptors (Lipinski definition) is 6. The molecule has 2 heterocycles. The van der Waals surface area contributed by atoms with Gasteiger partial charge in [0.15, 0.2) is 11.5 Å². The summed E-state index contributed by atoms with van der Waals surface area (Å²) in [7, 11) is -0.637. The third-order valence-corrected chi connectivity index (χ3v) is 4.76. The van der Waals surface area contributed by atoms with Gasteiger partial charge in [0.1, 0.15) is 19.0 Å². The van der Waals surface area contributed by atoms with Gasteiger partial charge in [0.25, 0.3) is 0 Å². The van der Waals surface area contributed by atoms with E-state index < -0.39 is 10.2 Å². The second-order valence-corrected chi connectivity index (χ2v) is 7.19. The van der Waals surface area contributed by atoms with E-state index in [2.05, 4.69) is 15.0 Å². The summed E-state index contributed by atoms with van der Waals surface area (Å²) in [4.78, 5) is 4.20. The first-order chi connectivity index (χ1) is 11.4. The highest BCUT2D eigenvalue weighted by atomic mass is 32.2. The smallest absolute Gasteiger partial charge is 0.301 e. The number of fused-ring (bicyclic) bond motifs is 1. The van der Waals surface area contributed by atoms with Gasteiger partial charge in [-0.2, -0.15) is 12.7 Å². The number of anilines is 3. The number of pyridine rings is 1. The van der Waals surface area contributed by atoms with Crippen LogP contribution in [0.15, 0.2) is 36.5 Å². The van der Waals surface area contributed by atoms with Gasteiger partial charge in [-0.15, -0.1) is 0 Å². The van der Waals surface area contributed by atoms with Crippen LogP contribution in [0.25, 0.3) is 0 Å². The van der Waals surface area contributed by atoms with Crippen LogP contribution >= 0.6 is 0 Å². The molecule has 3 rings (SSSR count). The van der Waals surface area contributed by atoms with Gasteiger partial charge in [-0.25, -0.2) is 4.98 Å². The summed E-state index contributed by atoms with van der Waals surface area (Å²) in [6.07, 6.45) is 1.45. The standard InChI is InChI=1S/C15H18N4O4S/c1-19(2)24(20,21)18-12-4-6-15(16-10-12)17-11-3-5-13-14(9-11)23-8-7-22-13/h3-6,9-10,18H,7-8H2,1-2H3,(H,16,17). The second-order valence-electron chi connectivity index (χ2n) is 5.31. The van der Waals surface area contributed by atoms with Crippen LogP contribution in [0.5, 0.6) is 11.5 Å². The van der Waals surface area contributed by atoms with E-state index in [4.69, 9.17) is 9.47 Å². The minimum Gasteiger partial charge on any atom is -0.486 e. The number of nitrogens with zero attached hydrogens (tertiary/aromatic N) is 2. The molecule has 0 radical (unpaired) electrons. The molecular weight excluding hydrogens is 332 g/mol.